The molecular weight excluding hydrogens is 560 g/mol. The van der Waals surface area contributed by atoms with Crippen molar-refractivity contribution in [3.05, 3.63) is 47.7 Å². The molecule has 0 spiro atoms. The Morgan fingerprint density at radius 2 is 1.80 bits per heavy atom. The van der Waals surface area contributed by atoms with E-state index < -0.39 is 36.1 Å². The van der Waals surface area contributed by atoms with Gasteiger partial charge in [-0.15, -0.1) is 0 Å². The summed E-state index contributed by atoms with van der Waals surface area (Å²) in [5.74, 6) is -1.66. The fraction of sp³-hybridized carbons (Fsp3) is 0.545. The third-order valence-electron chi connectivity index (χ3n) is 8.20. The molecule has 3 amide bonds. The molecule has 3 N–H and O–H groups in total. The molecule has 238 valence electrons. The van der Waals surface area contributed by atoms with E-state index in [1.54, 1.807) is 13.8 Å². The van der Waals surface area contributed by atoms with Crippen LogP contribution in [0.5, 0.6) is 0 Å². The van der Waals surface area contributed by atoms with Gasteiger partial charge < -0.3 is 20.3 Å². The number of nitrogens with one attached hydrogen (secondary N) is 3. The smallest absolute Gasteiger partial charge is 0.325 e. The van der Waals surface area contributed by atoms with E-state index in [-0.39, 0.29) is 24.2 Å². The molecule has 2 aliphatic heterocycles. The molecule has 0 saturated carbocycles. The van der Waals surface area contributed by atoms with Gasteiger partial charge in [0.2, 0.25) is 11.8 Å². The molecule has 11 heteroatoms. The molecule has 1 aromatic heterocycles. The number of amides is 3. The highest BCUT2D eigenvalue weighted by atomic mass is 16.5. The van der Waals surface area contributed by atoms with Gasteiger partial charge in [0, 0.05) is 31.4 Å². The minimum absolute atomic E-state index is 0.181. The van der Waals surface area contributed by atoms with Crippen molar-refractivity contribution >= 4 is 40.7 Å². The molecule has 0 radical (unpaired) electrons. The number of aromatic nitrogens is 1. The van der Waals surface area contributed by atoms with Crippen molar-refractivity contribution in [2.45, 2.75) is 84.5 Å². The lowest BCUT2D eigenvalue weighted by Crippen LogP contribution is -2.61. The maximum absolute atomic E-state index is 13.3. The van der Waals surface area contributed by atoms with Gasteiger partial charge in [-0.25, -0.2) is 10.4 Å². The van der Waals surface area contributed by atoms with Gasteiger partial charge in [0.25, 0.3) is 5.91 Å². The lowest BCUT2D eigenvalue weighted by molar-refractivity contribution is -0.157. The Bertz CT molecular complexity index is 1380. The number of hydrogen-bond acceptors (Lipinski definition) is 8. The van der Waals surface area contributed by atoms with Gasteiger partial charge in [0.05, 0.1) is 11.2 Å². The van der Waals surface area contributed by atoms with Crippen LogP contribution in [0.25, 0.3) is 17.0 Å². The number of fused-ring (bicyclic) bond motifs is 4. The van der Waals surface area contributed by atoms with Gasteiger partial charge >= 0.3 is 5.97 Å². The largest absolute Gasteiger partial charge is 0.455 e. The van der Waals surface area contributed by atoms with E-state index in [2.05, 4.69) is 40.0 Å². The first-order chi connectivity index (χ1) is 21.0. The summed E-state index contributed by atoms with van der Waals surface area (Å²) in [5.41, 5.74) is 5.46. The predicted molar refractivity (Wildman–Crippen MR) is 169 cm³/mol. The topological polar surface area (TPSA) is 133 Å². The summed E-state index contributed by atoms with van der Waals surface area (Å²) in [7, 11) is 0. The third kappa shape index (κ3) is 8.63. The minimum Gasteiger partial charge on any atom is -0.455 e. The van der Waals surface area contributed by atoms with Crippen LogP contribution in [0.2, 0.25) is 0 Å². The van der Waals surface area contributed by atoms with Crippen molar-refractivity contribution in [2.75, 3.05) is 26.2 Å². The Morgan fingerprint density at radius 1 is 1.02 bits per heavy atom. The minimum atomic E-state index is -0.869. The van der Waals surface area contributed by atoms with Crippen LogP contribution in [-0.4, -0.2) is 82.9 Å². The first-order valence-electron chi connectivity index (χ1n) is 15.7. The van der Waals surface area contributed by atoms with Gasteiger partial charge in [-0.05, 0) is 63.3 Å². The van der Waals surface area contributed by atoms with Crippen LogP contribution in [0.3, 0.4) is 0 Å². The number of benzene rings is 1. The number of nitrogens with zero attached hydrogens (tertiary/aromatic N) is 3. The SMILES string of the molecule is CCN1CCC=Cc2ccc3ccc(nc3c2)C(C)OC(=O)C2CCCN(N2)C(=O)C(C)NC(=O)C(C(C)C)NC(=O)CC1. The molecular formula is C33H46N6O5. The fourth-order valence-corrected chi connectivity index (χ4v) is 5.46. The van der Waals surface area contributed by atoms with Gasteiger partial charge in [-0.2, -0.15) is 0 Å². The van der Waals surface area contributed by atoms with E-state index in [1.165, 1.54) is 5.01 Å². The summed E-state index contributed by atoms with van der Waals surface area (Å²) in [6.07, 6.45) is 5.76. The van der Waals surface area contributed by atoms with E-state index in [0.29, 0.717) is 31.6 Å². The third-order valence-corrected chi connectivity index (χ3v) is 8.20. The first kappa shape index (κ1) is 33.1. The van der Waals surface area contributed by atoms with Crippen LogP contribution >= 0.6 is 0 Å². The first-order valence-corrected chi connectivity index (χ1v) is 15.7. The Hall–Kier alpha value is -3.83. The normalized spacial score (nSPS) is 25.5. The Balaban J connectivity index is 1.57. The summed E-state index contributed by atoms with van der Waals surface area (Å²) >= 11 is 0. The van der Waals surface area contributed by atoms with Crippen molar-refractivity contribution in [3.8, 4) is 0 Å². The lowest BCUT2D eigenvalue weighted by atomic mass is 10.0. The van der Waals surface area contributed by atoms with Crippen LogP contribution in [-0.2, 0) is 23.9 Å². The Kier molecular flexibility index (Phi) is 11.5. The molecule has 1 aromatic carbocycles. The lowest BCUT2D eigenvalue weighted by Gasteiger charge is -2.35. The molecule has 1 fully saturated rings. The maximum atomic E-state index is 13.3. The number of ether oxygens (including phenoxy) is 1. The second-order valence-corrected chi connectivity index (χ2v) is 12.0. The molecule has 2 aliphatic rings. The average molecular weight is 607 g/mol. The number of carbonyl (C=O) groups is 4. The van der Waals surface area contributed by atoms with Crippen LogP contribution in [0, 0.1) is 5.92 Å². The van der Waals surface area contributed by atoms with Crippen molar-refractivity contribution in [1.29, 1.82) is 0 Å². The highest BCUT2D eigenvalue weighted by Gasteiger charge is 2.34. The van der Waals surface area contributed by atoms with Crippen molar-refractivity contribution < 1.29 is 23.9 Å². The molecule has 3 heterocycles. The van der Waals surface area contributed by atoms with Crippen LogP contribution < -0.4 is 16.1 Å². The van der Waals surface area contributed by atoms with Gasteiger partial charge in [-0.1, -0.05) is 51.1 Å². The molecule has 4 rings (SSSR count). The van der Waals surface area contributed by atoms with Gasteiger partial charge in [0.1, 0.15) is 24.2 Å². The maximum Gasteiger partial charge on any atom is 0.325 e. The fourth-order valence-electron chi connectivity index (χ4n) is 5.46. The van der Waals surface area contributed by atoms with Gasteiger partial charge in [0.15, 0.2) is 0 Å². The van der Waals surface area contributed by atoms with E-state index in [0.717, 1.165) is 36.0 Å². The number of esters is 1. The Labute approximate surface area is 259 Å². The average Bonchev–Trinajstić information content (AvgIpc) is 3.01. The van der Waals surface area contributed by atoms with Gasteiger partial charge in [-0.3, -0.25) is 24.2 Å². The van der Waals surface area contributed by atoms with E-state index in [1.807, 2.05) is 44.2 Å². The summed E-state index contributed by atoms with van der Waals surface area (Å²) < 4.78 is 5.79. The predicted octanol–water partition coefficient (Wildman–Crippen LogP) is 3.11. The monoisotopic (exact) mass is 606 g/mol. The molecule has 11 nitrogen and oxygen atoms in total. The number of hydrazine groups is 1. The van der Waals surface area contributed by atoms with E-state index >= 15 is 0 Å². The molecule has 4 unspecified atom stereocenters. The van der Waals surface area contributed by atoms with Crippen molar-refractivity contribution in [3.63, 3.8) is 0 Å². The Morgan fingerprint density at radius 3 is 2.55 bits per heavy atom. The zero-order chi connectivity index (χ0) is 31.8. The molecule has 4 atom stereocenters. The van der Waals surface area contributed by atoms with Crippen LogP contribution in [0.1, 0.15) is 77.7 Å². The second-order valence-electron chi connectivity index (χ2n) is 12.0. The van der Waals surface area contributed by atoms with Crippen molar-refractivity contribution in [1.82, 2.24) is 31.0 Å². The molecule has 2 aromatic rings. The molecule has 1 saturated heterocycles. The number of cyclic esters (lactones) is 1. The van der Waals surface area contributed by atoms with Crippen molar-refractivity contribution in [2.24, 2.45) is 5.92 Å². The standard InChI is InChI=1S/C33H46N6O5/c1-6-38-17-8-7-10-24-12-13-25-14-15-26(35-28(25)20-24)23(5)44-33(43)27-11-9-18-39(37-27)32(42)22(4)34-31(41)30(21(2)3)36-29(40)16-19-38/h7,10,12-15,20-23,27,30,37H,6,8-9,11,16-19H2,1-5H3,(H,34,41)(H,36,40). The molecule has 5 bridgehead atoms. The quantitative estimate of drug-likeness (QED) is 0.445. The summed E-state index contributed by atoms with van der Waals surface area (Å²) in [6.45, 7) is 11.7. The van der Waals surface area contributed by atoms with E-state index in [4.69, 9.17) is 9.72 Å². The summed E-state index contributed by atoms with van der Waals surface area (Å²) in [6, 6.07) is 7.54. The molecule has 44 heavy (non-hydrogen) atoms. The zero-order valence-corrected chi connectivity index (χ0v) is 26.5. The second kappa shape index (κ2) is 15.3. The zero-order valence-electron chi connectivity index (χ0n) is 26.5. The number of rotatable bonds is 2. The number of hydrogen-bond donors (Lipinski definition) is 3. The summed E-state index contributed by atoms with van der Waals surface area (Å²) in [4.78, 5) is 59.4. The number of carbonyl (C=O) groups excluding carboxylic acids is 4. The number of pyridine rings is 1. The molecule has 0 aliphatic carbocycles. The summed E-state index contributed by atoms with van der Waals surface area (Å²) in [5, 5.41) is 7.98. The van der Waals surface area contributed by atoms with E-state index in [9.17, 15) is 19.2 Å². The van der Waals surface area contributed by atoms with Crippen LogP contribution in [0.4, 0.5) is 0 Å². The van der Waals surface area contributed by atoms with Crippen LogP contribution in [0.15, 0.2) is 36.4 Å². The highest BCUT2D eigenvalue weighted by molar-refractivity contribution is 5.92. The highest BCUT2D eigenvalue weighted by Crippen LogP contribution is 2.22.